The van der Waals surface area contributed by atoms with Crippen LogP contribution in [0.25, 0.3) is 5.57 Å². The van der Waals surface area contributed by atoms with Crippen molar-refractivity contribution in [1.29, 1.82) is 0 Å². The van der Waals surface area contributed by atoms with E-state index in [1.54, 1.807) is 6.08 Å². The number of hydrogen-bond donors (Lipinski definition) is 2. The molecule has 0 radical (unpaired) electrons. The summed E-state index contributed by atoms with van der Waals surface area (Å²) in [6.07, 6.45) is 7.16. The van der Waals surface area contributed by atoms with Crippen LogP contribution in [-0.4, -0.2) is 30.2 Å². The molecule has 6 aromatic rings. The SMILES string of the molecule is C=CC(C1=C(O)CC(CCC)(c2ccccc2)OC1=O)c1cccc(OCc2ccccc2)c1.CCCC1(c2ccccc2)CC(O)=C(C(=CC[Si](C)(C)C)c2cccc(OCc3ccccc3)c2)C(=O)O1. The van der Waals surface area contributed by atoms with Crippen molar-refractivity contribution in [2.45, 2.75) is 108 Å². The van der Waals surface area contributed by atoms with Gasteiger partial charge in [0.15, 0.2) is 0 Å². The van der Waals surface area contributed by atoms with Crippen LogP contribution in [0.3, 0.4) is 0 Å². The molecule has 72 heavy (non-hydrogen) atoms. The Bertz CT molecular complexity index is 2870. The number of aliphatic hydroxyl groups excluding tert-OH is 2. The van der Waals surface area contributed by atoms with Gasteiger partial charge in [-0.2, -0.15) is 0 Å². The lowest BCUT2D eigenvalue weighted by atomic mass is 9.80. The van der Waals surface area contributed by atoms with E-state index in [0.29, 0.717) is 43.1 Å². The lowest BCUT2D eigenvalue weighted by Crippen LogP contribution is -2.39. The summed E-state index contributed by atoms with van der Waals surface area (Å²) < 4.78 is 24.4. The summed E-state index contributed by atoms with van der Waals surface area (Å²) >= 11 is 0. The van der Waals surface area contributed by atoms with Gasteiger partial charge in [0.1, 0.15) is 53.0 Å². The van der Waals surface area contributed by atoms with Crippen LogP contribution in [0.2, 0.25) is 25.7 Å². The van der Waals surface area contributed by atoms with Gasteiger partial charge in [-0.25, -0.2) is 9.59 Å². The van der Waals surface area contributed by atoms with E-state index in [9.17, 15) is 19.8 Å². The maximum atomic E-state index is 13.7. The summed E-state index contributed by atoms with van der Waals surface area (Å²) in [4.78, 5) is 27.0. The molecule has 2 aliphatic rings. The second-order valence-electron chi connectivity index (χ2n) is 19.8. The summed E-state index contributed by atoms with van der Waals surface area (Å²) in [7, 11) is -1.49. The zero-order valence-corrected chi connectivity index (χ0v) is 43.3. The number of carbonyl (C=O) groups is 2. The molecular weight excluding hydrogens is 913 g/mol. The molecule has 0 aromatic heterocycles. The number of cyclic esters (lactones) is 2. The standard InChI is InChI=1S/C33H38O4Si.C30H30O4/c1-5-20-33(27-16-10-7-11-17-27)23-30(34)31(32(35)37-33)29(19-21-38(2,3)4)26-15-12-18-28(22-26)36-24-25-13-8-6-9-14-25;1-3-18-30(24-15-9-6-10-16-24)20-27(31)28(29(32)34-30)26(4-2)23-14-11-17-25(19-23)33-21-22-12-7-5-8-13-22/h6-19,22,34H,5,20-21,23-24H2,1-4H3;4-17,19,26,31H,2-3,18,20-21H2,1H3. The minimum absolute atomic E-state index is 0.0501. The number of benzene rings is 6. The molecule has 8 rings (SSSR count). The molecule has 9 heteroatoms. The van der Waals surface area contributed by atoms with Crippen molar-refractivity contribution in [2.75, 3.05) is 0 Å². The Kier molecular flexibility index (Phi) is 17.6. The third-order valence-electron chi connectivity index (χ3n) is 13.0. The van der Waals surface area contributed by atoms with Crippen molar-refractivity contribution >= 4 is 25.6 Å². The average molecular weight is 981 g/mol. The molecule has 0 fully saturated rings. The van der Waals surface area contributed by atoms with Crippen LogP contribution < -0.4 is 9.47 Å². The molecule has 2 aliphatic heterocycles. The highest BCUT2D eigenvalue weighted by molar-refractivity contribution is 6.76. The van der Waals surface area contributed by atoms with E-state index < -0.39 is 37.1 Å². The summed E-state index contributed by atoms with van der Waals surface area (Å²) in [5.41, 5.74) is 5.04. The Morgan fingerprint density at radius 2 is 1.10 bits per heavy atom. The third kappa shape index (κ3) is 13.1. The lowest BCUT2D eigenvalue weighted by molar-refractivity contribution is -0.162. The smallest absolute Gasteiger partial charge is 0.343 e. The zero-order chi connectivity index (χ0) is 51.1. The molecule has 2 N–H and O–H groups in total. The molecule has 0 spiro atoms. The molecule has 372 valence electrons. The Labute approximate surface area is 427 Å². The molecule has 0 saturated carbocycles. The van der Waals surface area contributed by atoms with Gasteiger partial charge in [-0.1, -0.05) is 204 Å². The summed E-state index contributed by atoms with van der Waals surface area (Å²) in [5, 5.41) is 22.6. The van der Waals surface area contributed by atoms with Gasteiger partial charge >= 0.3 is 11.9 Å². The average Bonchev–Trinajstić information content (AvgIpc) is 3.38. The summed E-state index contributed by atoms with van der Waals surface area (Å²) in [6.45, 7) is 15.8. The minimum Gasteiger partial charge on any atom is -0.512 e. The number of ether oxygens (including phenoxy) is 4. The van der Waals surface area contributed by atoms with Crippen LogP contribution >= 0.6 is 0 Å². The number of carbonyl (C=O) groups excluding carboxylic acids is 2. The van der Waals surface area contributed by atoms with E-state index in [4.69, 9.17) is 18.9 Å². The zero-order valence-electron chi connectivity index (χ0n) is 42.3. The van der Waals surface area contributed by atoms with Crippen molar-refractivity contribution in [3.8, 4) is 11.5 Å². The van der Waals surface area contributed by atoms with E-state index in [1.165, 1.54) is 0 Å². The molecule has 0 saturated heterocycles. The normalized spacial score (nSPS) is 18.5. The lowest BCUT2D eigenvalue weighted by Gasteiger charge is -2.38. The van der Waals surface area contributed by atoms with E-state index in [-0.39, 0.29) is 35.5 Å². The largest absolute Gasteiger partial charge is 0.512 e. The number of allylic oxidation sites excluding steroid dienone is 2. The van der Waals surface area contributed by atoms with Gasteiger partial charge in [0.2, 0.25) is 0 Å². The second kappa shape index (κ2) is 24.2. The highest BCUT2D eigenvalue weighted by atomic mass is 28.3. The monoisotopic (exact) mass is 980 g/mol. The number of aliphatic hydroxyl groups is 2. The van der Waals surface area contributed by atoms with Gasteiger partial charge in [0.25, 0.3) is 0 Å². The molecule has 0 amide bonds. The predicted molar refractivity (Wildman–Crippen MR) is 290 cm³/mol. The molecule has 2 heterocycles. The first-order valence-corrected chi connectivity index (χ1v) is 28.8. The van der Waals surface area contributed by atoms with Crippen molar-refractivity contribution in [1.82, 2.24) is 0 Å². The van der Waals surface area contributed by atoms with Crippen molar-refractivity contribution in [3.63, 3.8) is 0 Å². The first kappa shape index (κ1) is 52.5. The van der Waals surface area contributed by atoms with Crippen molar-refractivity contribution < 1.29 is 38.7 Å². The molecule has 6 aromatic carbocycles. The highest BCUT2D eigenvalue weighted by Gasteiger charge is 2.45. The van der Waals surface area contributed by atoms with E-state index in [1.807, 2.05) is 177 Å². The Balaban J connectivity index is 0.000000213. The van der Waals surface area contributed by atoms with Gasteiger partial charge in [-0.15, -0.1) is 6.58 Å². The predicted octanol–water partition coefficient (Wildman–Crippen LogP) is 15.4. The highest BCUT2D eigenvalue weighted by Crippen LogP contribution is 2.46. The van der Waals surface area contributed by atoms with Crippen molar-refractivity contribution in [2.24, 2.45) is 0 Å². The number of esters is 2. The Hall–Kier alpha value is -7.36. The fraction of sp³-hybridized carbons (Fsp3) is 0.270. The fourth-order valence-corrected chi connectivity index (χ4v) is 10.3. The van der Waals surface area contributed by atoms with Crippen LogP contribution in [0.5, 0.6) is 11.5 Å². The van der Waals surface area contributed by atoms with Crippen molar-refractivity contribution in [3.05, 3.63) is 245 Å². The molecule has 0 aliphatic carbocycles. The van der Waals surface area contributed by atoms with E-state index in [2.05, 4.69) is 39.2 Å². The van der Waals surface area contributed by atoms with Crippen LogP contribution in [0.15, 0.2) is 211 Å². The third-order valence-corrected chi connectivity index (χ3v) is 14.4. The van der Waals surface area contributed by atoms with Gasteiger partial charge in [0.05, 0.1) is 12.0 Å². The maximum Gasteiger partial charge on any atom is 0.343 e. The minimum atomic E-state index is -1.49. The van der Waals surface area contributed by atoms with Crippen LogP contribution in [0, 0.1) is 0 Å². The van der Waals surface area contributed by atoms with Gasteiger partial charge in [0, 0.05) is 20.4 Å². The summed E-state index contributed by atoms with van der Waals surface area (Å²) in [6, 6.07) is 55.5. The quantitative estimate of drug-likeness (QED) is 0.0469. The molecule has 0 bridgehead atoms. The first-order valence-electron chi connectivity index (χ1n) is 25.1. The molecular formula is C63H68O8Si. The second-order valence-corrected chi connectivity index (χ2v) is 25.3. The Morgan fingerprint density at radius 1 is 0.625 bits per heavy atom. The van der Waals surface area contributed by atoms with E-state index >= 15 is 0 Å². The van der Waals surface area contributed by atoms with Gasteiger partial charge < -0.3 is 29.2 Å². The first-order chi connectivity index (χ1) is 34.8. The van der Waals surface area contributed by atoms with Crippen LogP contribution in [-0.2, 0) is 43.5 Å². The number of hydrogen-bond acceptors (Lipinski definition) is 8. The van der Waals surface area contributed by atoms with Gasteiger partial charge in [-0.3, -0.25) is 0 Å². The van der Waals surface area contributed by atoms with Gasteiger partial charge in [-0.05, 0) is 82.1 Å². The van der Waals surface area contributed by atoms with E-state index in [0.717, 1.165) is 52.3 Å². The number of rotatable bonds is 19. The topological polar surface area (TPSA) is 112 Å². The fourth-order valence-electron chi connectivity index (χ4n) is 9.47. The van der Waals surface area contributed by atoms with Crippen LogP contribution in [0.1, 0.15) is 91.7 Å². The summed E-state index contributed by atoms with van der Waals surface area (Å²) in [5.74, 6) is 0.0134. The maximum absolute atomic E-state index is 13.7. The molecule has 8 nitrogen and oxygen atoms in total. The molecule has 3 unspecified atom stereocenters. The van der Waals surface area contributed by atoms with Crippen LogP contribution in [0.4, 0.5) is 0 Å². The molecule has 3 atom stereocenters. The Morgan fingerprint density at radius 3 is 1.57 bits per heavy atom.